The molecule has 7 nitrogen and oxygen atoms in total. The smallest absolute Gasteiger partial charge is 0.408 e. The van der Waals surface area contributed by atoms with Gasteiger partial charge in [0.15, 0.2) is 0 Å². The molecule has 1 unspecified atom stereocenters. The predicted octanol–water partition coefficient (Wildman–Crippen LogP) is -0.750. The lowest BCUT2D eigenvalue weighted by atomic mass is 10.2. The van der Waals surface area contributed by atoms with Crippen LogP contribution in [0.25, 0.3) is 0 Å². The van der Waals surface area contributed by atoms with Crippen LogP contribution in [-0.4, -0.2) is 34.9 Å². The molecule has 0 aliphatic heterocycles. The third kappa shape index (κ3) is 5.52. The van der Waals surface area contributed by atoms with Gasteiger partial charge in [-0.3, -0.25) is 10.2 Å². The molecule has 2 atom stereocenters. The molecular formula is C9H19N3O4. The number of hydrogen-bond acceptors (Lipinski definition) is 5. The predicted molar refractivity (Wildman–Crippen MR) is 57.2 cm³/mol. The van der Waals surface area contributed by atoms with Crippen LogP contribution in [-0.2, 0) is 9.53 Å². The number of hydrogen-bond donors (Lipinski definition) is 4. The lowest BCUT2D eigenvalue weighted by Crippen LogP contribution is -2.54. The van der Waals surface area contributed by atoms with Crippen LogP contribution in [0.2, 0.25) is 0 Å². The van der Waals surface area contributed by atoms with Gasteiger partial charge < -0.3 is 15.2 Å². The second kappa shape index (κ2) is 5.66. The van der Waals surface area contributed by atoms with Crippen LogP contribution in [0.1, 0.15) is 27.7 Å². The molecule has 0 radical (unpaired) electrons. The van der Waals surface area contributed by atoms with Crippen LogP contribution in [0.5, 0.6) is 0 Å². The summed E-state index contributed by atoms with van der Waals surface area (Å²) in [4.78, 5) is 22.5. The van der Waals surface area contributed by atoms with E-state index in [4.69, 9.17) is 10.6 Å². The molecule has 0 saturated carbocycles. The summed E-state index contributed by atoms with van der Waals surface area (Å²) in [7, 11) is 0. The number of carbonyl (C=O) groups is 2. The minimum atomic E-state index is -1.14. The SMILES string of the molecule is CC(O)[C@H](NC(=O)OC(C)(C)C)C(=O)NN. The van der Waals surface area contributed by atoms with Crippen LogP contribution >= 0.6 is 0 Å². The molecule has 0 rings (SSSR count). The highest BCUT2D eigenvalue weighted by Crippen LogP contribution is 2.07. The molecule has 0 aromatic rings. The molecule has 16 heavy (non-hydrogen) atoms. The number of hydrazine groups is 1. The van der Waals surface area contributed by atoms with Crippen molar-refractivity contribution >= 4 is 12.0 Å². The third-order valence-electron chi connectivity index (χ3n) is 1.58. The number of amides is 2. The van der Waals surface area contributed by atoms with Crippen molar-refractivity contribution in [3.8, 4) is 0 Å². The summed E-state index contributed by atoms with van der Waals surface area (Å²) < 4.78 is 4.93. The molecule has 2 amide bonds. The van der Waals surface area contributed by atoms with Gasteiger partial charge in [0.2, 0.25) is 0 Å². The van der Waals surface area contributed by atoms with E-state index >= 15 is 0 Å². The van der Waals surface area contributed by atoms with E-state index < -0.39 is 29.7 Å². The van der Waals surface area contributed by atoms with E-state index in [1.165, 1.54) is 6.92 Å². The number of ether oxygens (including phenoxy) is 1. The Morgan fingerprint density at radius 1 is 1.38 bits per heavy atom. The van der Waals surface area contributed by atoms with E-state index in [-0.39, 0.29) is 0 Å². The summed E-state index contributed by atoms with van der Waals surface area (Å²) in [6.07, 6.45) is -1.86. The quantitative estimate of drug-likeness (QED) is 0.291. The Kier molecular flexibility index (Phi) is 5.19. The molecule has 0 aliphatic carbocycles. The van der Waals surface area contributed by atoms with Crippen molar-refractivity contribution in [3.63, 3.8) is 0 Å². The fourth-order valence-corrected chi connectivity index (χ4v) is 0.930. The zero-order valence-electron chi connectivity index (χ0n) is 9.90. The van der Waals surface area contributed by atoms with Gasteiger partial charge in [-0.05, 0) is 27.7 Å². The first-order chi connectivity index (χ1) is 7.17. The molecule has 0 aromatic heterocycles. The molecule has 0 saturated heterocycles. The molecule has 0 aromatic carbocycles. The number of aliphatic hydroxyl groups is 1. The minimum Gasteiger partial charge on any atom is -0.444 e. The monoisotopic (exact) mass is 233 g/mol. The maximum Gasteiger partial charge on any atom is 0.408 e. The maximum atomic E-state index is 11.3. The molecule has 0 heterocycles. The number of nitrogens with one attached hydrogen (secondary N) is 2. The van der Waals surface area contributed by atoms with Crippen molar-refractivity contribution in [3.05, 3.63) is 0 Å². The van der Waals surface area contributed by atoms with E-state index in [2.05, 4.69) is 5.32 Å². The largest absolute Gasteiger partial charge is 0.444 e. The van der Waals surface area contributed by atoms with Gasteiger partial charge in [-0.25, -0.2) is 10.6 Å². The average molecular weight is 233 g/mol. The second-order valence-electron chi connectivity index (χ2n) is 4.37. The number of carbonyl (C=O) groups excluding carboxylic acids is 2. The molecule has 0 aliphatic rings. The second-order valence-corrected chi connectivity index (χ2v) is 4.37. The van der Waals surface area contributed by atoms with Crippen LogP contribution in [0.15, 0.2) is 0 Å². The molecule has 0 spiro atoms. The highest BCUT2D eigenvalue weighted by Gasteiger charge is 2.27. The van der Waals surface area contributed by atoms with Gasteiger partial charge >= 0.3 is 6.09 Å². The normalized spacial score (nSPS) is 14.9. The van der Waals surface area contributed by atoms with Gasteiger partial charge in [0.05, 0.1) is 6.10 Å². The van der Waals surface area contributed by atoms with E-state index in [0.29, 0.717) is 0 Å². The molecule has 0 fully saturated rings. The first-order valence-electron chi connectivity index (χ1n) is 4.85. The van der Waals surface area contributed by atoms with Crippen molar-refractivity contribution in [2.45, 2.75) is 45.4 Å². The summed E-state index contributed by atoms with van der Waals surface area (Å²) in [6.45, 7) is 6.42. The van der Waals surface area contributed by atoms with E-state index in [9.17, 15) is 14.7 Å². The number of aliphatic hydroxyl groups excluding tert-OH is 1. The molecule has 5 N–H and O–H groups in total. The molecule has 94 valence electrons. The van der Waals surface area contributed by atoms with Crippen molar-refractivity contribution in [2.24, 2.45) is 5.84 Å². The Morgan fingerprint density at radius 2 is 1.88 bits per heavy atom. The highest BCUT2D eigenvalue weighted by molar-refractivity contribution is 5.85. The summed E-state index contributed by atoms with van der Waals surface area (Å²) in [6, 6.07) is -1.14. The van der Waals surface area contributed by atoms with E-state index in [1.807, 2.05) is 5.43 Å². The summed E-state index contributed by atoms with van der Waals surface area (Å²) in [5.41, 5.74) is 1.17. The third-order valence-corrected chi connectivity index (χ3v) is 1.58. The summed E-state index contributed by atoms with van der Waals surface area (Å²) in [5, 5.41) is 11.5. The Bertz CT molecular complexity index is 260. The Balaban J connectivity index is 4.42. The van der Waals surface area contributed by atoms with E-state index in [0.717, 1.165) is 0 Å². The molecular weight excluding hydrogens is 214 g/mol. The standard InChI is InChI=1S/C9H19N3O4/c1-5(13)6(7(14)12-10)11-8(15)16-9(2,3)4/h5-6,13H,10H2,1-4H3,(H,11,15)(H,12,14)/t5?,6-/m0/s1. The van der Waals surface area contributed by atoms with Crippen LogP contribution in [0, 0.1) is 0 Å². The molecule has 0 bridgehead atoms. The number of rotatable bonds is 3. The summed E-state index contributed by atoms with van der Waals surface area (Å²) >= 11 is 0. The molecule has 7 heteroatoms. The highest BCUT2D eigenvalue weighted by atomic mass is 16.6. The van der Waals surface area contributed by atoms with Crippen molar-refractivity contribution in [1.82, 2.24) is 10.7 Å². The lowest BCUT2D eigenvalue weighted by Gasteiger charge is -2.24. The van der Waals surface area contributed by atoms with Gasteiger partial charge in [0.25, 0.3) is 5.91 Å². The van der Waals surface area contributed by atoms with Crippen LogP contribution in [0.3, 0.4) is 0 Å². The fraction of sp³-hybridized carbons (Fsp3) is 0.778. The Labute approximate surface area is 94.3 Å². The van der Waals surface area contributed by atoms with Gasteiger partial charge in [-0.15, -0.1) is 0 Å². The van der Waals surface area contributed by atoms with Gasteiger partial charge in [-0.1, -0.05) is 0 Å². The maximum absolute atomic E-state index is 11.3. The first-order valence-corrected chi connectivity index (χ1v) is 4.85. The van der Waals surface area contributed by atoms with Crippen LogP contribution < -0.4 is 16.6 Å². The Morgan fingerprint density at radius 3 is 2.19 bits per heavy atom. The topological polar surface area (TPSA) is 114 Å². The minimum absolute atomic E-state index is 0.674. The fourth-order valence-electron chi connectivity index (χ4n) is 0.930. The van der Waals surface area contributed by atoms with Gasteiger partial charge in [0, 0.05) is 0 Å². The zero-order valence-corrected chi connectivity index (χ0v) is 9.90. The average Bonchev–Trinajstić information content (AvgIpc) is 2.09. The number of nitrogens with two attached hydrogens (primary N) is 1. The van der Waals surface area contributed by atoms with Crippen molar-refractivity contribution < 1.29 is 19.4 Å². The van der Waals surface area contributed by atoms with E-state index in [1.54, 1.807) is 20.8 Å². The van der Waals surface area contributed by atoms with Crippen molar-refractivity contribution in [1.29, 1.82) is 0 Å². The Hall–Kier alpha value is -1.34. The van der Waals surface area contributed by atoms with Crippen LogP contribution in [0.4, 0.5) is 4.79 Å². The zero-order chi connectivity index (χ0) is 12.9. The van der Waals surface area contributed by atoms with Gasteiger partial charge in [0.1, 0.15) is 11.6 Å². The van der Waals surface area contributed by atoms with Crippen molar-refractivity contribution in [2.75, 3.05) is 0 Å². The first kappa shape index (κ1) is 14.7. The summed E-state index contributed by atoms with van der Waals surface area (Å²) in [5.74, 6) is 4.22. The van der Waals surface area contributed by atoms with Gasteiger partial charge in [-0.2, -0.15) is 0 Å². The number of alkyl carbamates (subject to hydrolysis) is 1. The lowest BCUT2D eigenvalue weighted by molar-refractivity contribution is -0.125.